The minimum absolute atomic E-state index is 0.395. The molecule has 8 heteroatoms. The van der Waals surface area contributed by atoms with Gasteiger partial charge in [0.25, 0.3) is 0 Å². The molecule has 5 aromatic rings. The first kappa shape index (κ1) is 19.7. The molecule has 160 valence electrons. The van der Waals surface area contributed by atoms with Gasteiger partial charge >= 0.3 is 0 Å². The maximum absolute atomic E-state index is 6.14. The fourth-order valence-electron chi connectivity index (χ4n) is 3.61. The highest BCUT2D eigenvalue weighted by Gasteiger charge is 2.19. The molecule has 0 aliphatic carbocycles. The van der Waals surface area contributed by atoms with Crippen molar-refractivity contribution in [1.82, 2.24) is 29.4 Å². The third-order valence-electron chi connectivity index (χ3n) is 5.20. The number of rotatable bonds is 7. The van der Waals surface area contributed by atoms with E-state index in [-0.39, 0.29) is 0 Å². The van der Waals surface area contributed by atoms with Crippen molar-refractivity contribution < 1.29 is 9.47 Å². The monoisotopic (exact) mass is 426 g/mol. The van der Waals surface area contributed by atoms with Crippen LogP contribution in [0.2, 0.25) is 0 Å². The molecule has 0 spiro atoms. The van der Waals surface area contributed by atoms with Gasteiger partial charge in [0.15, 0.2) is 34.7 Å². The lowest BCUT2D eigenvalue weighted by Gasteiger charge is -2.15. The van der Waals surface area contributed by atoms with E-state index in [2.05, 4.69) is 21.8 Å². The van der Waals surface area contributed by atoms with Crippen LogP contribution in [0.3, 0.4) is 0 Å². The van der Waals surface area contributed by atoms with Gasteiger partial charge in [0.05, 0.1) is 24.4 Å². The van der Waals surface area contributed by atoms with Gasteiger partial charge in [-0.15, -0.1) is 11.7 Å². The quantitative estimate of drug-likeness (QED) is 0.360. The van der Waals surface area contributed by atoms with E-state index in [4.69, 9.17) is 14.5 Å². The average molecular weight is 426 g/mol. The second-order valence-electron chi connectivity index (χ2n) is 7.35. The van der Waals surface area contributed by atoms with Crippen LogP contribution < -0.4 is 9.47 Å². The highest BCUT2D eigenvalue weighted by atomic mass is 16.5. The van der Waals surface area contributed by atoms with Crippen LogP contribution in [0, 0.1) is 0 Å². The normalized spacial score (nSPS) is 12.2. The summed E-state index contributed by atoms with van der Waals surface area (Å²) in [5, 5.41) is 9.89. The van der Waals surface area contributed by atoms with Crippen molar-refractivity contribution in [3.63, 3.8) is 0 Å². The summed E-state index contributed by atoms with van der Waals surface area (Å²) < 4.78 is 15.1. The zero-order valence-electron chi connectivity index (χ0n) is 17.8. The molecule has 8 nitrogen and oxygen atoms in total. The molecule has 3 aromatic heterocycles. The Morgan fingerprint density at radius 1 is 1.09 bits per heavy atom. The Hall–Kier alpha value is -4.20. The molecule has 0 saturated heterocycles. The van der Waals surface area contributed by atoms with E-state index in [1.165, 1.54) is 0 Å². The molecule has 5 rings (SSSR count). The molecule has 0 N–H and O–H groups in total. The molecule has 3 heterocycles. The highest BCUT2D eigenvalue weighted by molar-refractivity contribution is 5.89. The first-order chi connectivity index (χ1) is 15.7. The largest absolute Gasteiger partial charge is 0.493 e. The molecular weight excluding hydrogens is 404 g/mol. The summed E-state index contributed by atoms with van der Waals surface area (Å²) in [5.41, 5.74) is 3.43. The third-order valence-corrected chi connectivity index (χ3v) is 5.20. The van der Waals surface area contributed by atoms with Crippen LogP contribution in [-0.4, -0.2) is 36.5 Å². The summed E-state index contributed by atoms with van der Waals surface area (Å²) in [5.74, 6) is 1.84. The van der Waals surface area contributed by atoms with Crippen LogP contribution in [0.5, 0.6) is 11.5 Å². The lowest BCUT2D eigenvalue weighted by Crippen LogP contribution is -2.06. The number of allylic oxidation sites excluding steroid dienone is 1. The first-order valence-electron chi connectivity index (χ1n) is 10.3. The Balaban J connectivity index is 1.48. The zero-order valence-corrected chi connectivity index (χ0v) is 17.8. The first-order valence-corrected chi connectivity index (χ1v) is 10.3. The lowest BCUT2D eigenvalue weighted by atomic mass is 10.1. The van der Waals surface area contributed by atoms with Gasteiger partial charge in [-0.3, -0.25) is 0 Å². The number of fused-ring (bicyclic) bond motifs is 3. The number of aromatic nitrogens is 6. The van der Waals surface area contributed by atoms with E-state index < -0.39 is 6.10 Å². The molecule has 2 aromatic carbocycles. The van der Waals surface area contributed by atoms with Crippen LogP contribution in [0.15, 0.2) is 73.7 Å². The van der Waals surface area contributed by atoms with Crippen LogP contribution in [0.1, 0.15) is 24.4 Å². The van der Waals surface area contributed by atoms with E-state index in [1.54, 1.807) is 28.8 Å². The molecule has 32 heavy (non-hydrogen) atoms. The Bertz CT molecular complexity index is 1410. The van der Waals surface area contributed by atoms with Gasteiger partial charge in [0.2, 0.25) is 0 Å². The molecule has 0 aliphatic rings. The molecule has 1 unspecified atom stereocenters. The van der Waals surface area contributed by atoms with Crippen molar-refractivity contribution in [2.45, 2.75) is 19.4 Å². The van der Waals surface area contributed by atoms with Crippen LogP contribution in [-0.2, 0) is 6.42 Å². The fourth-order valence-corrected chi connectivity index (χ4v) is 3.61. The number of para-hydroxylation sites is 1. The minimum atomic E-state index is -0.395. The van der Waals surface area contributed by atoms with Crippen LogP contribution in [0.25, 0.3) is 22.4 Å². The third kappa shape index (κ3) is 3.45. The standard InChI is InChI=1S/C24H22N6O2/c1-4-8-17-11-12-20(21(13-17)31-3)32-16(2)22-27-24-19-14-26-30(18-9-6-5-7-10-18)23(19)25-15-29(24)28-22/h4-7,9-16H,1,8H2,2-3H3. The Morgan fingerprint density at radius 2 is 1.94 bits per heavy atom. The predicted molar refractivity (Wildman–Crippen MR) is 121 cm³/mol. The van der Waals surface area contributed by atoms with Crippen molar-refractivity contribution >= 4 is 16.7 Å². The van der Waals surface area contributed by atoms with Gasteiger partial charge in [-0.25, -0.2) is 19.2 Å². The highest BCUT2D eigenvalue weighted by Crippen LogP contribution is 2.32. The molecule has 0 radical (unpaired) electrons. The summed E-state index contributed by atoms with van der Waals surface area (Å²) in [6, 6.07) is 15.7. The second-order valence-corrected chi connectivity index (χ2v) is 7.35. The van der Waals surface area contributed by atoms with Crippen molar-refractivity contribution in [3.8, 4) is 17.2 Å². The average Bonchev–Trinajstić information content (AvgIpc) is 3.45. The maximum Gasteiger partial charge on any atom is 0.192 e. The minimum Gasteiger partial charge on any atom is -0.493 e. The summed E-state index contributed by atoms with van der Waals surface area (Å²) in [7, 11) is 1.63. The summed E-state index contributed by atoms with van der Waals surface area (Å²) in [6.45, 7) is 5.69. The van der Waals surface area contributed by atoms with Crippen molar-refractivity contribution in [1.29, 1.82) is 0 Å². The van der Waals surface area contributed by atoms with Gasteiger partial charge < -0.3 is 9.47 Å². The molecule has 1 atom stereocenters. The number of hydrogen-bond donors (Lipinski definition) is 0. The van der Waals surface area contributed by atoms with Crippen molar-refractivity contribution in [2.24, 2.45) is 0 Å². The number of nitrogens with zero attached hydrogens (tertiary/aromatic N) is 6. The second kappa shape index (κ2) is 8.14. The van der Waals surface area contributed by atoms with E-state index in [9.17, 15) is 0 Å². The van der Waals surface area contributed by atoms with E-state index in [0.29, 0.717) is 23.0 Å². The topological polar surface area (TPSA) is 79.4 Å². The van der Waals surface area contributed by atoms with Crippen LogP contribution in [0.4, 0.5) is 0 Å². The Morgan fingerprint density at radius 3 is 2.72 bits per heavy atom. The van der Waals surface area contributed by atoms with Gasteiger partial charge in [-0.1, -0.05) is 30.3 Å². The number of ether oxygens (including phenoxy) is 2. The maximum atomic E-state index is 6.14. The van der Waals surface area contributed by atoms with E-state index in [0.717, 1.165) is 28.7 Å². The molecule has 0 fully saturated rings. The summed E-state index contributed by atoms with van der Waals surface area (Å²) in [6.07, 6.45) is 5.63. The van der Waals surface area contributed by atoms with Gasteiger partial charge in [-0.05, 0) is 43.2 Å². The Labute approximate surface area is 184 Å². The molecule has 0 saturated carbocycles. The van der Waals surface area contributed by atoms with E-state index in [1.807, 2.05) is 61.5 Å². The summed E-state index contributed by atoms with van der Waals surface area (Å²) >= 11 is 0. The number of hydrogen-bond acceptors (Lipinski definition) is 6. The van der Waals surface area contributed by atoms with Gasteiger partial charge in [0.1, 0.15) is 6.33 Å². The Kier molecular flexibility index (Phi) is 5.03. The molecular formula is C24H22N6O2. The van der Waals surface area contributed by atoms with Crippen molar-refractivity contribution in [3.05, 3.63) is 85.1 Å². The van der Waals surface area contributed by atoms with Crippen LogP contribution >= 0.6 is 0 Å². The van der Waals surface area contributed by atoms with Gasteiger partial charge in [-0.2, -0.15) is 5.10 Å². The smallest absolute Gasteiger partial charge is 0.192 e. The fraction of sp³-hybridized carbons (Fsp3) is 0.167. The van der Waals surface area contributed by atoms with Crippen molar-refractivity contribution in [2.75, 3.05) is 7.11 Å². The number of benzene rings is 2. The summed E-state index contributed by atoms with van der Waals surface area (Å²) in [4.78, 5) is 9.27. The number of methoxy groups -OCH3 is 1. The predicted octanol–water partition coefficient (Wildman–Crippen LogP) is 4.34. The molecule has 0 bridgehead atoms. The SMILES string of the molecule is C=CCc1ccc(OC(C)c2nc3c4cnn(-c5ccccc5)c4ncn3n2)c(OC)c1. The van der Waals surface area contributed by atoms with E-state index >= 15 is 0 Å². The molecule has 0 amide bonds. The van der Waals surface area contributed by atoms with Gasteiger partial charge in [0, 0.05) is 0 Å². The zero-order chi connectivity index (χ0) is 22.1. The molecule has 0 aliphatic heterocycles. The lowest BCUT2D eigenvalue weighted by molar-refractivity contribution is 0.206.